The molecule has 5 heteroatoms. The second kappa shape index (κ2) is 8.99. The summed E-state index contributed by atoms with van der Waals surface area (Å²) in [5, 5.41) is 3.88. The van der Waals surface area contributed by atoms with E-state index in [0.717, 1.165) is 29.5 Å². The van der Waals surface area contributed by atoms with E-state index >= 15 is 0 Å². The molecule has 26 heavy (non-hydrogen) atoms. The maximum atomic E-state index is 12.9. The van der Waals surface area contributed by atoms with Gasteiger partial charge in [0.1, 0.15) is 16.9 Å². The quantitative estimate of drug-likeness (QED) is 0.654. The van der Waals surface area contributed by atoms with Gasteiger partial charge in [-0.05, 0) is 49.9 Å². The summed E-state index contributed by atoms with van der Waals surface area (Å²) in [6.07, 6.45) is 4.45. The van der Waals surface area contributed by atoms with Crippen LogP contribution in [-0.2, 0) is 9.53 Å². The van der Waals surface area contributed by atoms with Crippen LogP contribution in [0.2, 0.25) is 0 Å². The number of fused-ring (bicyclic) bond motifs is 1. The molecule has 0 saturated heterocycles. The molecule has 142 valence electrons. The molecule has 0 spiro atoms. The number of ether oxygens (including phenoxy) is 2. The van der Waals surface area contributed by atoms with E-state index in [1.165, 1.54) is 0 Å². The van der Waals surface area contributed by atoms with Crippen molar-refractivity contribution in [3.8, 4) is 5.75 Å². The summed E-state index contributed by atoms with van der Waals surface area (Å²) in [6, 6.07) is 7.54. The van der Waals surface area contributed by atoms with Crippen LogP contribution in [-0.4, -0.2) is 30.2 Å². The van der Waals surface area contributed by atoms with Crippen LogP contribution in [0.4, 0.5) is 5.69 Å². The van der Waals surface area contributed by atoms with Crippen molar-refractivity contribution < 1.29 is 14.3 Å². The number of carbonyl (C=O) groups excluding carboxylic acids is 1. The Hall–Kier alpha value is -2.14. The molecule has 0 saturated carbocycles. The largest absolute Gasteiger partial charge is 0.491 e. The van der Waals surface area contributed by atoms with E-state index < -0.39 is 5.60 Å². The predicted molar refractivity (Wildman–Crippen MR) is 106 cm³/mol. The Balaban J connectivity index is 2.30. The average molecular weight is 358 g/mol. The van der Waals surface area contributed by atoms with Crippen molar-refractivity contribution >= 4 is 22.5 Å². The average Bonchev–Trinajstić information content (AvgIpc) is 2.62. The molecular formula is C21H30N2O3. The van der Waals surface area contributed by atoms with Crippen molar-refractivity contribution in [3.05, 3.63) is 30.5 Å². The molecule has 0 radical (unpaired) electrons. The predicted octanol–water partition coefficient (Wildman–Crippen LogP) is 4.80. The van der Waals surface area contributed by atoms with Gasteiger partial charge in [-0.25, -0.2) is 0 Å². The highest BCUT2D eigenvalue weighted by atomic mass is 16.5. The molecular weight excluding hydrogens is 328 g/mol. The number of amides is 1. The maximum absolute atomic E-state index is 12.9. The first-order valence-corrected chi connectivity index (χ1v) is 9.28. The number of benzene rings is 1. The summed E-state index contributed by atoms with van der Waals surface area (Å²) < 4.78 is 11.4. The summed E-state index contributed by atoms with van der Waals surface area (Å²) in [5.74, 6) is 0.931. The van der Waals surface area contributed by atoms with E-state index in [1.54, 1.807) is 13.3 Å². The number of pyridine rings is 1. The van der Waals surface area contributed by atoms with Crippen molar-refractivity contribution in [3.63, 3.8) is 0 Å². The summed E-state index contributed by atoms with van der Waals surface area (Å²) in [6.45, 7) is 8.76. The summed E-state index contributed by atoms with van der Waals surface area (Å²) >= 11 is 0. The molecule has 1 aromatic carbocycles. The van der Waals surface area contributed by atoms with Crippen molar-refractivity contribution in [2.24, 2.45) is 5.92 Å². The molecule has 0 aliphatic rings. The van der Waals surface area contributed by atoms with Gasteiger partial charge in [-0.3, -0.25) is 9.78 Å². The Kier molecular flexibility index (Phi) is 6.98. The fourth-order valence-corrected chi connectivity index (χ4v) is 3.00. The van der Waals surface area contributed by atoms with Gasteiger partial charge in [0.15, 0.2) is 0 Å². The summed E-state index contributed by atoms with van der Waals surface area (Å²) in [4.78, 5) is 17.3. The number of carbonyl (C=O) groups is 1. The van der Waals surface area contributed by atoms with Crippen LogP contribution in [0.5, 0.6) is 5.75 Å². The zero-order chi connectivity index (χ0) is 19.2. The van der Waals surface area contributed by atoms with Gasteiger partial charge < -0.3 is 14.8 Å². The Morgan fingerprint density at radius 2 is 2.08 bits per heavy atom. The number of anilines is 1. The highest BCUT2D eigenvalue weighted by Crippen LogP contribution is 2.31. The second-order valence-electron chi connectivity index (χ2n) is 7.20. The SMILES string of the molecule is CCCCOc1ccc(NC(=O)[C@@](C)(CC(C)C)OC)c2cccnc12. The van der Waals surface area contributed by atoms with Crippen molar-refractivity contribution in [2.45, 2.75) is 52.6 Å². The minimum Gasteiger partial charge on any atom is -0.491 e. The number of hydrogen-bond donors (Lipinski definition) is 1. The van der Waals surface area contributed by atoms with Gasteiger partial charge in [-0.2, -0.15) is 0 Å². The van der Waals surface area contributed by atoms with Gasteiger partial charge in [0, 0.05) is 18.7 Å². The lowest BCUT2D eigenvalue weighted by molar-refractivity contribution is -0.137. The molecule has 1 amide bonds. The third-order valence-electron chi connectivity index (χ3n) is 4.46. The van der Waals surface area contributed by atoms with Crippen LogP contribution in [0.1, 0.15) is 47.0 Å². The number of nitrogens with zero attached hydrogens (tertiary/aromatic N) is 1. The number of rotatable bonds is 9. The maximum Gasteiger partial charge on any atom is 0.256 e. The lowest BCUT2D eigenvalue weighted by atomic mass is 9.93. The molecule has 1 atom stereocenters. The molecule has 5 nitrogen and oxygen atoms in total. The second-order valence-corrected chi connectivity index (χ2v) is 7.20. The summed E-state index contributed by atoms with van der Waals surface area (Å²) in [7, 11) is 1.58. The fourth-order valence-electron chi connectivity index (χ4n) is 3.00. The first-order chi connectivity index (χ1) is 12.4. The van der Waals surface area contributed by atoms with Gasteiger partial charge >= 0.3 is 0 Å². The van der Waals surface area contributed by atoms with E-state index in [9.17, 15) is 4.79 Å². The highest BCUT2D eigenvalue weighted by molar-refractivity contribution is 6.05. The molecule has 0 fully saturated rings. The van der Waals surface area contributed by atoms with E-state index in [2.05, 4.69) is 31.1 Å². The van der Waals surface area contributed by atoms with E-state index in [4.69, 9.17) is 9.47 Å². The van der Waals surface area contributed by atoms with Gasteiger partial charge in [-0.15, -0.1) is 0 Å². The van der Waals surface area contributed by atoms with E-state index in [-0.39, 0.29) is 5.91 Å². The molecule has 0 aliphatic heterocycles. The third kappa shape index (κ3) is 4.73. The number of methoxy groups -OCH3 is 1. The van der Waals surface area contributed by atoms with Crippen molar-refractivity contribution in [1.29, 1.82) is 0 Å². The lowest BCUT2D eigenvalue weighted by Crippen LogP contribution is -2.43. The Morgan fingerprint density at radius 3 is 2.73 bits per heavy atom. The van der Waals surface area contributed by atoms with Gasteiger partial charge in [0.05, 0.1) is 12.3 Å². The molecule has 0 unspecified atom stereocenters. The first kappa shape index (κ1) is 20.2. The molecule has 1 aromatic heterocycles. The molecule has 1 N–H and O–H groups in total. The Morgan fingerprint density at radius 1 is 1.31 bits per heavy atom. The van der Waals surface area contributed by atoms with Gasteiger partial charge in [0.2, 0.25) is 0 Å². The van der Waals surface area contributed by atoms with Crippen LogP contribution in [0, 0.1) is 5.92 Å². The zero-order valence-electron chi connectivity index (χ0n) is 16.5. The van der Waals surface area contributed by atoms with Crippen molar-refractivity contribution in [1.82, 2.24) is 4.98 Å². The standard InChI is InChI=1S/C21H30N2O3/c1-6-7-13-26-18-11-10-17(16-9-8-12-22-19(16)18)23-20(24)21(4,25-5)14-15(2)3/h8-12,15H,6-7,13-14H2,1-5H3,(H,23,24)/t21-/m1/s1. The molecule has 1 heterocycles. The Labute approximate surface area is 156 Å². The number of nitrogens with one attached hydrogen (secondary N) is 1. The van der Waals surface area contributed by atoms with E-state index in [0.29, 0.717) is 24.6 Å². The highest BCUT2D eigenvalue weighted by Gasteiger charge is 2.34. The topological polar surface area (TPSA) is 60.5 Å². The first-order valence-electron chi connectivity index (χ1n) is 9.28. The normalized spacial score (nSPS) is 13.6. The lowest BCUT2D eigenvalue weighted by Gasteiger charge is -2.28. The number of hydrogen-bond acceptors (Lipinski definition) is 4. The van der Waals surface area contributed by atoms with Crippen molar-refractivity contribution in [2.75, 3.05) is 19.0 Å². The minimum atomic E-state index is -0.876. The molecule has 2 rings (SSSR count). The van der Waals surface area contributed by atoms with Crippen LogP contribution < -0.4 is 10.1 Å². The number of aromatic nitrogens is 1. The minimum absolute atomic E-state index is 0.154. The fraction of sp³-hybridized carbons (Fsp3) is 0.524. The Bertz CT molecular complexity index is 745. The van der Waals surface area contributed by atoms with Crippen LogP contribution in [0.25, 0.3) is 10.9 Å². The molecule has 2 aromatic rings. The molecule has 0 aliphatic carbocycles. The monoisotopic (exact) mass is 358 g/mol. The number of unbranched alkanes of at least 4 members (excludes halogenated alkanes) is 1. The van der Waals surface area contributed by atoms with Crippen LogP contribution in [0.15, 0.2) is 30.5 Å². The van der Waals surface area contributed by atoms with Gasteiger partial charge in [-0.1, -0.05) is 27.2 Å². The summed E-state index contributed by atoms with van der Waals surface area (Å²) in [5.41, 5.74) is 0.594. The van der Waals surface area contributed by atoms with Crippen LogP contribution >= 0.6 is 0 Å². The smallest absolute Gasteiger partial charge is 0.256 e. The molecule has 0 bridgehead atoms. The van der Waals surface area contributed by atoms with Crippen LogP contribution in [0.3, 0.4) is 0 Å². The van der Waals surface area contributed by atoms with Gasteiger partial charge in [0.25, 0.3) is 5.91 Å². The van der Waals surface area contributed by atoms with E-state index in [1.807, 2.05) is 31.2 Å². The zero-order valence-corrected chi connectivity index (χ0v) is 16.5. The third-order valence-corrected chi connectivity index (χ3v) is 4.46.